The molecule has 1 fully saturated rings. The SMILES string of the molecule is C=C(C)CNCCc1c(C2CCCC2)c(Cl)nc2ncnn12. The molecule has 0 radical (unpaired) electrons. The van der Waals surface area contributed by atoms with Crippen molar-refractivity contribution in [3.8, 4) is 0 Å². The zero-order valence-corrected chi connectivity index (χ0v) is 13.7. The Hall–Kier alpha value is -1.46. The van der Waals surface area contributed by atoms with Gasteiger partial charge in [0.2, 0.25) is 0 Å². The summed E-state index contributed by atoms with van der Waals surface area (Å²) in [5.74, 6) is 1.09. The zero-order chi connectivity index (χ0) is 15.5. The topological polar surface area (TPSA) is 55.1 Å². The fraction of sp³-hybridized carbons (Fsp3) is 0.562. The van der Waals surface area contributed by atoms with Gasteiger partial charge < -0.3 is 5.32 Å². The van der Waals surface area contributed by atoms with Gasteiger partial charge in [0.1, 0.15) is 11.5 Å². The number of halogens is 1. The molecular formula is C16H22ClN5. The van der Waals surface area contributed by atoms with Gasteiger partial charge in [0.25, 0.3) is 5.78 Å². The molecule has 0 unspecified atom stereocenters. The van der Waals surface area contributed by atoms with Crippen molar-refractivity contribution in [2.75, 3.05) is 13.1 Å². The highest BCUT2D eigenvalue weighted by atomic mass is 35.5. The van der Waals surface area contributed by atoms with Crippen LogP contribution in [0, 0.1) is 0 Å². The van der Waals surface area contributed by atoms with E-state index in [4.69, 9.17) is 11.6 Å². The molecule has 2 aromatic rings. The van der Waals surface area contributed by atoms with E-state index in [-0.39, 0.29) is 0 Å². The number of aromatic nitrogens is 4. The summed E-state index contributed by atoms with van der Waals surface area (Å²) in [7, 11) is 0. The van der Waals surface area contributed by atoms with Crippen LogP contribution < -0.4 is 5.32 Å². The molecule has 0 atom stereocenters. The molecule has 0 amide bonds. The van der Waals surface area contributed by atoms with Crippen LogP contribution in [-0.4, -0.2) is 32.7 Å². The fourth-order valence-corrected chi connectivity index (χ4v) is 3.59. The number of hydrogen-bond acceptors (Lipinski definition) is 4. The van der Waals surface area contributed by atoms with Gasteiger partial charge >= 0.3 is 0 Å². The van der Waals surface area contributed by atoms with E-state index in [2.05, 4.69) is 27.0 Å². The van der Waals surface area contributed by atoms with Crippen molar-refractivity contribution in [3.63, 3.8) is 0 Å². The quantitative estimate of drug-likeness (QED) is 0.505. The molecule has 0 aliphatic heterocycles. The van der Waals surface area contributed by atoms with E-state index in [1.165, 1.54) is 31.2 Å². The summed E-state index contributed by atoms with van der Waals surface area (Å²) in [5, 5.41) is 8.35. The predicted molar refractivity (Wildman–Crippen MR) is 88.4 cm³/mol. The van der Waals surface area contributed by atoms with Gasteiger partial charge in [0.05, 0.1) is 5.69 Å². The van der Waals surface area contributed by atoms with E-state index in [1.54, 1.807) is 6.33 Å². The van der Waals surface area contributed by atoms with E-state index < -0.39 is 0 Å². The summed E-state index contributed by atoms with van der Waals surface area (Å²) in [5.41, 5.74) is 3.46. The number of nitrogens with one attached hydrogen (secondary N) is 1. The third-order valence-corrected chi connectivity index (χ3v) is 4.53. The highest BCUT2D eigenvalue weighted by Gasteiger charge is 2.25. The summed E-state index contributed by atoms with van der Waals surface area (Å²) >= 11 is 6.48. The summed E-state index contributed by atoms with van der Waals surface area (Å²) in [4.78, 5) is 8.60. The van der Waals surface area contributed by atoms with Crippen molar-refractivity contribution in [2.45, 2.75) is 44.9 Å². The second-order valence-corrected chi connectivity index (χ2v) is 6.46. The molecule has 3 rings (SSSR count). The van der Waals surface area contributed by atoms with Gasteiger partial charge in [-0.2, -0.15) is 15.1 Å². The second kappa shape index (κ2) is 6.75. The van der Waals surface area contributed by atoms with Crippen LogP contribution in [0.15, 0.2) is 18.5 Å². The van der Waals surface area contributed by atoms with Crippen molar-refractivity contribution in [2.24, 2.45) is 0 Å². The van der Waals surface area contributed by atoms with Crippen LogP contribution in [0.3, 0.4) is 0 Å². The minimum atomic E-state index is 0.504. The molecule has 118 valence electrons. The second-order valence-electron chi connectivity index (χ2n) is 6.10. The summed E-state index contributed by atoms with van der Waals surface area (Å²) in [6.45, 7) is 7.63. The predicted octanol–water partition coefficient (Wildman–Crippen LogP) is 3.14. The highest BCUT2D eigenvalue weighted by molar-refractivity contribution is 6.30. The Morgan fingerprint density at radius 2 is 2.23 bits per heavy atom. The first-order chi connectivity index (χ1) is 10.7. The minimum Gasteiger partial charge on any atom is -0.313 e. The highest BCUT2D eigenvalue weighted by Crippen LogP contribution is 2.39. The third-order valence-electron chi connectivity index (χ3n) is 4.25. The number of rotatable bonds is 6. The van der Waals surface area contributed by atoms with Crippen LogP contribution >= 0.6 is 11.6 Å². The fourth-order valence-electron chi connectivity index (χ4n) is 3.25. The van der Waals surface area contributed by atoms with Gasteiger partial charge in [0, 0.05) is 25.1 Å². The molecule has 0 aromatic carbocycles. The Balaban J connectivity index is 1.91. The summed E-state index contributed by atoms with van der Waals surface area (Å²) in [6.07, 6.45) is 7.32. The lowest BCUT2D eigenvalue weighted by atomic mass is 9.96. The van der Waals surface area contributed by atoms with Crippen LogP contribution in [0.5, 0.6) is 0 Å². The minimum absolute atomic E-state index is 0.504. The number of hydrogen-bond donors (Lipinski definition) is 1. The van der Waals surface area contributed by atoms with Crippen molar-refractivity contribution >= 4 is 17.4 Å². The van der Waals surface area contributed by atoms with Crippen molar-refractivity contribution in [3.05, 3.63) is 34.9 Å². The molecule has 0 spiro atoms. The first kappa shape index (κ1) is 15.4. The van der Waals surface area contributed by atoms with Crippen molar-refractivity contribution < 1.29 is 0 Å². The van der Waals surface area contributed by atoms with E-state index in [9.17, 15) is 0 Å². The van der Waals surface area contributed by atoms with Crippen molar-refractivity contribution in [1.29, 1.82) is 0 Å². The molecule has 0 saturated heterocycles. The lowest BCUT2D eigenvalue weighted by Crippen LogP contribution is -2.21. The van der Waals surface area contributed by atoms with Gasteiger partial charge in [0.15, 0.2) is 0 Å². The molecule has 2 aromatic heterocycles. The monoisotopic (exact) mass is 319 g/mol. The van der Waals surface area contributed by atoms with E-state index in [1.807, 2.05) is 11.4 Å². The molecular weight excluding hydrogens is 298 g/mol. The molecule has 1 aliphatic rings. The lowest BCUT2D eigenvalue weighted by molar-refractivity contribution is 0.654. The van der Waals surface area contributed by atoms with Crippen LogP contribution in [0.2, 0.25) is 5.15 Å². The molecule has 1 saturated carbocycles. The lowest BCUT2D eigenvalue weighted by Gasteiger charge is -2.17. The Bertz CT molecular complexity index is 672. The van der Waals surface area contributed by atoms with Crippen LogP contribution in [0.1, 0.15) is 49.8 Å². The largest absolute Gasteiger partial charge is 0.313 e. The van der Waals surface area contributed by atoms with Gasteiger partial charge in [-0.3, -0.25) is 0 Å². The molecule has 22 heavy (non-hydrogen) atoms. The van der Waals surface area contributed by atoms with Crippen LogP contribution in [0.25, 0.3) is 5.78 Å². The smallest absolute Gasteiger partial charge is 0.253 e. The maximum absolute atomic E-state index is 6.48. The first-order valence-electron chi connectivity index (χ1n) is 7.90. The van der Waals surface area contributed by atoms with E-state index in [0.717, 1.165) is 30.8 Å². The molecule has 0 bridgehead atoms. The van der Waals surface area contributed by atoms with Gasteiger partial charge in [-0.05, 0) is 25.7 Å². The standard InChI is InChI=1S/C16H22ClN5/c1-11(2)9-18-8-7-13-14(12-5-3-4-6-12)15(17)21-16-19-10-20-22(13)16/h10,12,18H,1,3-9H2,2H3. The molecule has 2 heterocycles. The van der Waals surface area contributed by atoms with E-state index >= 15 is 0 Å². The average Bonchev–Trinajstić information content (AvgIpc) is 3.13. The third kappa shape index (κ3) is 3.15. The normalized spacial score (nSPS) is 15.7. The Kier molecular flexibility index (Phi) is 4.74. The Labute approximate surface area is 135 Å². The average molecular weight is 320 g/mol. The Morgan fingerprint density at radius 3 is 2.95 bits per heavy atom. The summed E-state index contributed by atoms with van der Waals surface area (Å²) in [6, 6.07) is 0. The van der Waals surface area contributed by atoms with Gasteiger partial charge in [-0.25, -0.2) is 4.52 Å². The number of nitrogens with zero attached hydrogens (tertiary/aromatic N) is 4. The van der Waals surface area contributed by atoms with Gasteiger partial charge in [-0.1, -0.05) is 36.6 Å². The molecule has 1 aliphatic carbocycles. The zero-order valence-electron chi connectivity index (χ0n) is 13.0. The number of fused-ring (bicyclic) bond motifs is 1. The van der Waals surface area contributed by atoms with Crippen LogP contribution in [-0.2, 0) is 6.42 Å². The maximum atomic E-state index is 6.48. The molecule has 1 N–H and O–H groups in total. The Morgan fingerprint density at radius 1 is 1.45 bits per heavy atom. The molecule has 6 heteroatoms. The van der Waals surface area contributed by atoms with Crippen LogP contribution in [0.4, 0.5) is 0 Å². The van der Waals surface area contributed by atoms with E-state index in [0.29, 0.717) is 16.8 Å². The first-order valence-corrected chi connectivity index (χ1v) is 8.27. The maximum Gasteiger partial charge on any atom is 0.253 e. The van der Waals surface area contributed by atoms with Gasteiger partial charge in [-0.15, -0.1) is 0 Å². The van der Waals surface area contributed by atoms with Crippen molar-refractivity contribution in [1.82, 2.24) is 24.9 Å². The molecule has 5 nitrogen and oxygen atoms in total. The summed E-state index contributed by atoms with van der Waals surface area (Å²) < 4.78 is 1.85.